The second-order valence-electron chi connectivity index (χ2n) is 7.96. The van der Waals surface area contributed by atoms with Crippen molar-refractivity contribution in [2.24, 2.45) is 0 Å². The van der Waals surface area contributed by atoms with Gasteiger partial charge in [-0.25, -0.2) is 0 Å². The maximum Gasteiger partial charge on any atom is 0.184 e. The number of hydrogen-bond donors (Lipinski definition) is 0. The van der Waals surface area contributed by atoms with Gasteiger partial charge in [-0.3, -0.25) is 4.79 Å². The highest BCUT2D eigenvalue weighted by molar-refractivity contribution is 6.92. The van der Waals surface area contributed by atoms with Crippen molar-refractivity contribution in [1.29, 1.82) is 0 Å². The molecule has 1 unspecified atom stereocenters. The summed E-state index contributed by atoms with van der Waals surface area (Å²) >= 11 is 0. The van der Waals surface area contributed by atoms with Crippen LogP contribution in [0.25, 0.3) is 0 Å². The third-order valence-corrected chi connectivity index (χ3v) is 11.1. The van der Waals surface area contributed by atoms with Gasteiger partial charge in [-0.05, 0) is 22.7 Å². The Hall–Kier alpha value is -1.97. The van der Waals surface area contributed by atoms with E-state index in [4.69, 9.17) is 4.74 Å². The molecule has 0 saturated carbocycles. The van der Waals surface area contributed by atoms with Crippen LogP contribution < -0.4 is 0 Å². The van der Waals surface area contributed by atoms with E-state index in [0.717, 1.165) is 16.3 Å². The van der Waals surface area contributed by atoms with Crippen LogP contribution in [0.2, 0.25) is 11.6 Å². The quantitative estimate of drug-likeness (QED) is 0.342. The monoisotopic (exact) mass is 366 g/mol. The molecule has 2 nitrogen and oxygen atoms in total. The largest absolute Gasteiger partial charge is 0.380 e. The van der Waals surface area contributed by atoms with Crippen molar-refractivity contribution in [3.05, 3.63) is 83.1 Å². The Kier molecular flexibility index (Phi) is 6.73. The molecule has 2 aromatic rings. The smallest absolute Gasteiger partial charge is 0.184 e. The number of Topliss-reactive ketones (excluding diaryl/α,β-unsaturated/α-hetero) is 1. The van der Waals surface area contributed by atoms with Crippen molar-refractivity contribution in [3.63, 3.8) is 0 Å². The summed E-state index contributed by atoms with van der Waals surface area (Å²) in [5.74, 6) is 0.139. The van der Waals surface area contributed by atoms with Gasteiger partial charge in [0.2, 0.25) is 0 Å². The van der Waals surface area contributed by atoms with Crippen LogP contribution in [-0.4, -0.2) is 20.1 Å². The molecule has 0 spiro atoms. The van der Waals surface area contributed by atoms with Crippen molar-refractivity contribution < 1.29 is 9.53 Å². The predicted octanol–water partition coefficient (Wildman–Crippen LogP) is 5.99. The Morgan fingerprint density at radius 2 is 1.54 bits per heavy atom. The van der Waals surface area contributed by atoms with Crippen LogP contribution >= 0.6 is 0 Å². The molecule has 0 radical (unpaired) electrons. The van der Waals surface area contributed by atoms with Crippen LogP contribution in [0.3, 0.4) is 0 Å². The molecule has 2 aromatic carbocycles. The first kappa shape index (κ1) is 20.3. The molecule has 0 aliphatic heterocycles. The Morgan fingerprint density at radius 1 is 1.00 bits per heavy atom. The number of hydrogen-bond acceptors (Lipinski definition) is 2. The van der Waals surface area contributed by atoms with Crippen molar-refractivity contribution in [1.82, 2.24) is 0 Å². The fraction of sp³-hybridized carbons (Fsp3) is 0.348. The number of benzene rings is 2. The lowest BCUT2D eigenvalue weighted by Crippen LogP contribution is -2.50. The molecule has 0 amide bonds. The minimum Gasteiger partial charge on any atom is -0.380 e. The number of allylic oxidation sites excluding steroid dienone is 2. The van der Waals surface area contributed by atoms with E-state index in [1.807, 2.05) is 61.5 Å². The summed E-state index contributed by atoms with van der Waals surface area (Å²) in [5.41, 5.74) is 1.92. The standard InChI is InChI=1S/C23H30O2Si/c1-6-21(22(24)20-15-11-8-12-16-20)26(5,23(2,3)4)18-25-17-19-13-9-7-10-14-19/h6-16H,17-18H2,1-5H3/b21-6+. The van der Waals surface area contributed by atoms with Crippen LogP contribution in [0.1, 0.15) is 43.6 Å². The maximum atomic E-state index is 13.2. The van der Waals surface area contributed by atoms with Crippen LogP contribution in [0.15, 0.2) is 71.9 Å². The van der Waals surface area contributed by atoms with Crippen molar-refractivity contribution >= 4 is 13.9 Å². The molecule has 0 bridgehead atoms. The number of carbonyl (C=O) groups excluding carboxylic acids is 1. The van der Waals surface area contributed by atoms with E-state index in [1.165, 1.54) is 0 Å². The molecule has 26 heavy (non-hydrogen) atoms. The second kappa shape index (κ2) is 8.61. The van der Waals surface area contributed by atoms with Crippen molar-refractivity contribution in [3.8, 4) is 0 Å². The average molecular weight is 367 g/mol. The first-order valence-corrected chi connectivity index (χ1v) is 11.9. The Labute approximate surface area is 158 Å². The molecule has 0 heterocycles. The zero-order valence-corrected chi connectivity index (χ0v) is 17.6. The molecule has 0 aliphatic carbocycles. The van der Waals surface area contributed by atoms with E-state index in [9.17, 15) is 4.79 Å². The van der Waals surface area contributed by atoms with Crippen molar-refractivity contribution in [2.45, 2.75) is 45.9 Å². The molecule has 3 heteroatoms. The number of carbonyl (C=O) groups is 1. The highest BCUT2D eigenvalue weighted by atomic mass is 28.3. The zero-order chi connectivity index (χ0) is 19.2. The molecule has 0 fully saturated rings. The van der Waals surface area contributed by atoms with E-state index in [2.05, 4.69) is 39.5 Å². The van der Waals surface area contributed by atoms with Crippen molar-refractivity contribution in [2.75, 3.05) is 6.23 Å². The molecule has 2 rings (SSSR count). The highest BCUT2D eigenvalue weighted by Gasteiger charge is 2.45. The van der Waals surface area contributed by atoms with Gasteiger partial charge in [0.25, 0.3) is 0 Å². The molecule has 1 atom stereocenters. The first-order valence-electron chi connectivity index (χ1n) is 9.18. The van der Waals surface area contributed by atoms with Gasteiger partial charge in [0.15, 0.2) is 5.78 Å². The van der Waals surface area contributed by atoms with Crippen LogP contribution in [0.5, 0.6) is 0 Å². The summed E-state index contributed by atoms with van der Waals surface area (Å²) in [4.78, 5) is 13.2. The first-order chi connectivity index (χ1) is 12.3. The lowest BCUT2D eigenvalue weighted by Gasteiger charge is -2.41. The second-order valence-corrected chi connectivity index (χ2v) is 12.9. The Bertz CT molecular complexity index is 745. The van der Waals surface area contributed by atoms with Gasteiger partial charge in [0, 0.05) is 11.8 Å². The van der Waals surface area contributed by atoms with Gasteiger partial charge >= 0.3 is 0 Å². The average Bonchev–Trinajstić information content (AvgIpc) is 2.63. The van der Waals surface area contributed by atoms with Gasteiger partial charge in [0.1, 0.15) is 8.07 Å². The zero-order valence-electron chi connectivity index (χ0n) is 16.6. The lowest BCUT2D eigenvalue weighted by molar-refractivity contribution is 0.103. The Balaban J connectivity index is 2.25. The molecular formula is C23H30O2Si. The van der Waals surface area contributed by atoms with Gasteiger partial charge < -0.3 is 4.74 Å². The summed E-state index contributed by atoms with van der Waals surface area (Å²) in [6.45, 7) is 11.5. The number of rotatable bonds is 7. The summed E-state index contributed by atoms with van der Waals surface area (Å²) < 4.78 is 6.15. The molecular weight excluding hydrogens is 336 g/mol. The predicted molar refractivity (Wildman–Crippen MR) is 112 cm³/mol. The normalized spacial score (nSPS) is 14.7. The summed E-state index contributed by atoms with van der Waals surface area (Å²) in [7, 11) is -2.19. The Morgan fingerprint density at radius 3 is 2.04 bits per heavy atom. The fourth-order valence-electron chi connectivity index (χ4n) is 3.09. The molecule has 0 aromatic heterocycles. The van der Waals surface area contributed by atoms with E-state index in [0.29, 0.717) is 12.8 Å². The highest BCUT2D eigenvalue weighted by Crippen LogP contribution is 2.42. The van der Waals surface area contributed by atoms with Gasteiger partial charge in [-0.15, -0.1) is 0 Å². The molecule has 0 N–H and O–H groups in total. The van der Waals surface area contributed by atoms with Crippen LogP contribution in [-0.2, 0) is 11.3 Å². The third-order valence-electron chi connectivity index (χ3n) is 5.32. The van der Waals surface area contributed by atoms with Gasteiger partial charge in [-0.2, -0.15) is 0 Å². The van der Waals surface area contributed by atoms with E-state index >= 15 is 0 Å². The van der Waals surface area contributed by atoms with Gasteiger partial charge in [0.05, 0.1) is 6.61 Å². The maximum absolute atomic E-state index is 13.2. The topological polar surface area (TPSA) is 26.3 Å². The SMILES string of the molecule is C/C=C(\C(=O)c1ccccc1)[Si](C)(COCc1ccccc1)C(C)(C)C. The van der Waals surface area contributed by atoms with Crippen LogP contribution in [0.4, 0.5) is 0 Å². The number of ketones is 1. The van der Waals surface area contributed by atoms with E-state index < -0.39 is 8.07 Å². The third kappa shape index (κ3) is 4.60. The number of ether oxygens (including phenoxy) is 1. The summed E-state index contributed by atoms with van der Waals surface area (Å²) in [6.07, 6.45) is 2.64. The fourth-order valence-corrected chi connectivity index (χ4v) is 6.28. The molecule has 138 valence electrons. The van der Waals surface area contributed by atoms with E-state index in [1.54, 1.807) is 0 Å². The summed E-state index contributed by atoms with van der Waals surface area (Å²) in [5, 5.41) is 0.958. The lowest BCUT2D eigenvalue weighted by atomic mass is 10.1. The minimum absolute atomic E-state index is 0.00989. The summed E-state index contributed by atoms with van der Waals surface area (Å²) in [6, 6.07) is 19.8. The van der Waals surface area contributed by atoms with Crippen LogP contribution in [0, 0.1) is 0 Å². The minimum atomic E-state index is -2.19. The van der Waals surface area contributed by atoms with E-state index in [-0.39, 0.29) is 10.8 Å². The van der Waals surface area contributed by atoms with Gasteiger partial charge in [-0.1, -0.05) is 94.1 Å². The molecule has 0 aliphatic rings. The molecule has 0 saturated heterocycles.